The molecule has 2 heterocycles. The van der Waals surface area contributed by atoms with E-state index in [1.165, 1.54) is 4.88 Å². The van der Waals surface area contributed by atoms with Gasteiger partial charge in [-0.3, -0.25) is 4.79 Å². The molecule has 0 bridgehead atoms. The SMILES string of the molecule is CCCNCCOc1ccc(NC(=O)c2c[nH]c3c2-c2nc(C)sc2CC3)cc1. The zero-order valence-corrected chi connectivity index (χ0v) is 17.6. The number of hydrogen-bond donors (Lipinski definition) is 3. The van der Waals surface area contributed by atoms with Crippen molar-refractivity contribution in [2.75, 3.05) is 25.0 Å². The van der Waals surface area contributed by atoms with Gasteiger partial charge in [0.2, 0.25) is 0 Å². The summed E-state index contributed by atoms with van der Waals surface area (Å²) in [6, 6.07) is 7.49. The van der Waals surface area contributed by atoms with Crippen LogP contribution in [0.3, 0.4) is 0 Å². The molecule has 0 spiro atoms. The van der Waals surface area contributed by atoms with Gasteiger partial charge in [-0.1, -0.05) is 6.92 Å². The van der Waals surface area contributed by atoms with Crippen LogP contribution in [0.15, 0.2) is 30.5 Å². The summed E-state index contributed by atoms with van der Waals surface area (Å²) in [5.74, 6) is 0.668. The van der Waals surface area contributed by atoms with Crippen LogP contribution in [0, 0.1) is 6.92 Å². The van der Waals surface area contributed by atoms with Gasteiger partial charge in [0.25, 0.3) is 5.91 Å². The fourth-order valence-electron chi connectivity index (χ4n) is 3.56. The van der Waals surface area contributed by atoms with Crippen LogP contribution in [0.5, 0.6) is 5.75 Å². The maximum atomic E-state index is 12.9. The summed E-state index contributed by atoms with van der Waals surface area (Å²) in [5.41, 5.74) is 4.39. The minimum Gasteiger partial charge on any atom is -0.492 e. The molecule has 0 fully saturated rings. The number of anilines is 1. The van der Waals surface area contributed by atoms with Gasteiger partial charge in [-0.2, -0.15) is 0 Å². The molecule has 2 aromatic heterocycles. The van der Waals surface area contributed by atoms with E-state index in [0.717, 1.165) is 65.7 Å². The second-order valence-corrected chi connectivity index (χ2v) is 8.43. The molecule has 152 valence electrons. The zero-order valence-electron chi connectivity index (χ0n) is 16.8. The number of ether oxygens (including phenoxy) is 1. The number of benzene rings is 1. The zero-order chi connectivity index (χ0) is 20.2. The number of nitrogens with one attached hydrogen (secondary N) is 3. The topological polar surface area (TPSA) is 79.0 Å². The molecule has 3 aromatic rings. The van der Waals surface area contributed by atoms with Crippen molar-refractivity contribution in [3.8, 4) is 17.0 Å². The lowest BCUT2D eigenvalue weighted by Gasteiger charge is -2.13. The molecule has 1 aliphatic carbocycles. The summed E-state index contributed by atoms with van der Waals surface area (Å²) in [4.78, 5) is 22.1. The number of amides is 1. The number of aromatic amines is 1. The second-order valence-electron chi connectivity index (χ2n) is 7.14. The lowest BCUT2D eigenvalue weighted by molar-refractivity contribution is 0.102. The Kier molecular flexibility index (Phi) is 5.97. The van der Waals surface area contributed by atoms with E-state index in [1.807, 2.05) is 31.2 Å². The Bertz CT molecular complexity index is 991. The number of carbonyl (C=O) groups is 1. The molecule has 1 aliphatic rings. The molecule has 29 heavy (non-hydrogen) atoms. The number of thiazole rings is 1. The van der Waals surface area contributed by atoms with E-state index < -0.39 is 0 Å². The van der Waals surface area contributed by atoms with Gasteiger partial charge in [0.15, 0.2) is 0 Å². The Morgan fingerprint density at radius 1 is 1.24 bits per heavy atom. The molecular formula is C22H26N4O2S. The lowest BCUT2D eigenvalue weighted by Crippen LogP contribution is -2.21. The highest BCUT2D eigenvalue weighted by Crippen LogP contribution is 2.38. The molecule has 0 saturated heterocycles. The van der Waals surface area contributed by atoms with Crippen molar-refractivity contribution >= 4 is 22.9 Å². The Labute approximate surface area is 174 Å². The van der Waals surface area contributed by atoms with E-state index in [0.29, 0.717) is 12.2 Å². The van der Waals surface area contributed by atoms with Gasteiger partial charge in [0.1, 0.15) is 12.4 Å². The fourth-order valence-corrected chi connectivity index (χ4v) is 4.50. The van der Waals surface area contributed by atoms with Gasteiger partial charge in [0.05, 0.1) is 16.3 Å². The number of carbonyl (C=O) groups excluding carboxylic acids is 1. The van der Waals surface area contributed by atoms with Crippen molar-refractivity contribution in [1.29, 1.82) is 0 Å². The average Bonchev–Trinajstić information content (AvgIpc) is 3.31. The van der Waals surface area contributed by atoms with Gasteiger partial charge >= 0.3 is 0 Å². The Balaban J connectivity index is 1.41. The maximum Gasteiger partial charge on any atom is 0.257 e. The standard InChI is InChI=1S/C22H26N4O2S/c1-3-10-23-11-12-28-16-6-4-15(5-7-16)26-22(27)17-13-24-18-8-9-19-21(20(17)18)25-14(2)29-19/h4-7,13,23-24H,3,8-12H2,1-2H3,(H,26,27). The molecule has 0 unspecified atom stereocenters. The van der Waals surface area contributed by atoms with Gasteiger partial charge < -0.3 is 20.4 Å². The number of H-pyrrole nitrogens is 1. The fraction of sp³-hybridized carbons (Fsp3) is 0.364. The molecule has 0 atom stereocenters. The highest BCUT2D eigenvalue weighted by Gasteiger charge is 2.27. The lowest BCUT2D eigenvalue weighted by atomic mass is 9.96. The molecule has 0 radical (unpaired) electrons. The van der Waals surface area contributed by atoms with E-state index in [1.54, 1.807) is 17.5 Å². The van der Waals surface area contributed by atoms with Crippen LogP contribution >= 0.6 is 11.3 Å². The van der Waals surface area contributed by atoms with E-state index >= 15 is 0 Å². The van der Waals surface area contributed by atoms with Crippen LogP contribution in [0.1, 0.15) is 39.3 Å². The third-order valence-electron chi connectivity index (χ3n) is 4.94. The van der Waals surface area contributed by atoms with Crippen LogP contribution in [0.4, 0.5) is 5.69 Å². The summed E-state index contributed by atoms with van der Waals surface area (Å²) in [5, 5.41) is 7.33. The van der Waals surface area contributed by atoms with Crippen LogP contribution in [0.2, 0.25) is 0 Å². The summed E-state index contributed by atoms with van der Waals surface area (Å²) in [7, 11) is 0. The van der Waals surface area contributed by atoms with Crippen LogP contribution in [-0.4, -0.2) is 35.6 Å². The third-order valence-corrected chi connectivity index (χ3v) is 5.97. The van der Waals surface area contributed by atoms with Crippen molar-refractivity contribution in [2.45, 2.75) is 33.1 Å². The summed E-state index contributed by atoms with van der Waals surface area (Å²) >= 11 is 1.72. The number of aryl methyl sites for hydroxylation is 3. The van der Waals surface area contributed by atoms with Crippen molar-refractivity contribution in [3.63, 3.8) is 0 Å². The highest BCUT2D eigenvalue weighted by atomic mass is 32.1. The number of rotatable bonds is 8. The number of nitrogens with zero attached hydrogens (tertiary/aromatic N) is 1. The first-order valence-corrected chi connectivity index (χ1v) is 10.9. The molecule has 4 rings (SSSR count). The van der Waals surface area contributed by atoms with E-state index in [9.17, 15) is 4.79 Å². The van der Waals surface area contributed by atoms with Gasteiger partial charge in [-0.25, -0.2) is 4.98 Å². The predicted molar refractivity (Wildman–Crippen MR) is 117 cm³/mol. The number of aromatic nitrogens is 2. The second kappa shape index (κ2) is 8.80. The average molecular weight is 411 g/mol. The van der Waals surface area contributed by atoms with Crippen molar-refractivity contribution in [2.24, 2.45) is 0 Å². The summed E-state index contributed by atoms with van der Waals surface area (Å²) in [6.45, 7) is 6.60. The number of fused-ring (bicyclic) bond motifs is 3. The van der Waals surface area contributed by atoms with E-state index in [4.69, 9.17) is 4.74 Å². The molecule has 0 saturated carbocycles. The monoisotopic (exact) mass is 410 g/mol. The normalized spacial score (nSPS) is 12.3. The first-order chi connectivity index (χ1) is 14.2. The van der Waals surface area contributed by atoms with Crippen molar-refractivity contribution in [3.05, 3.63) is 51.6 Å². The van der Waals surface area contributed by atoms with E-state index in [-0.39, 0.29) is 5.91 Å². The molecule has 3 N–H and O–H groups in total. The maximum absolute atomic E-state index is 12.9. The summed E-state index contributed by atoms with van der Waals surface area (Å²) in [6.07, 6.45) is 4.80. The van der Waals surface area contributed by atoms with Crippen molar-refractivity contribution < 1.29 is 9.53 Å². The Morgan fingerprint density at radius 2 is 2.07 bits per heavy atom. The molecule has 7 heteroatoms. The first kappa shape index (κ1) is 19.7. The van der Waals surface area contributed by atoms with Crippen molar-refractivity contribution in [1.82, 2.24) is 15.3 Å². The van der Waals surface area contributed by atoms with E-state index in [2.05, 4.69) is 27.5 Å². The van der Waals surface area contributed by atoms with Crippen LogP contribution in [-0.2, 0) is 12.8 Å². The van der Waals surface area contributed by atoms with Crippen LogP contribution < -0.4 is 15.4 Å². The van der Waals surface area contributed by atoms with Gasteiger partial charge in [-0.15, -0.1) is 11.3 Å². The van der Waals surface area contributed by atoms with Gasteiger partial charge in [-0.05, 0) is 57.0 Å². The summed E-state index contributed by atoms with van der Waals surface area (Å²) < 4.78 is 5.71. The largest absolute Gasteiger partial charge is 0.492 e. The third kappa shape index (κ3) is 4.36. The Hall–Kier alpha value is -2.64. The molecule has 0 aliphatic heterocycles. The first-order valence-electron chi connectivity index (χ1n) is 10.1. The van der Waals surface area contributed by atoms with Gasteiger partial charge in [0, 0.05) is 34.6 Å². The Morgan fingerprint density at radius 3 is 2.86 bits per heavy atom. The molecule has 6 nitrogen and oxygen atoms in total. The minimum absolute atomic E-state index is 0.126. The minimum atomic E-state index is -0.126. The predicted octanol–water partition coefficient (Wildman–Crippen LogP) is 4.18. The quantitative estimate of drug-likeness (QED) is 0.487. The highest BCUT2D eigenvalue weighted by molar-refractivity contribution is 7.12. The smallest absolute Gasteiger partial charge is 0.257 e. The molecular weight excluding hydrogens is 384 g/mol. The van der Waals surface area contributed by atoms with Crippen LogP contribution in [0.25, 0.3) is 11.3 Å². The molecule has 1 aromatic carbocycles. The molecule has 1 amide bonds. The number of hydrogen-bond acceptors (Lipinski definition) is 5.